The van der Waals surface area contributed by atoms with Gasteiger partial charge in [0.15, 0.2) is 0 Å². The van der Waals surface area contributed by atoms with Gasteiger partial charge in [-0.05, 0) is 69.2 Å². The molecule has 0 aromatic carbocycles. The summed E-state index contributed by atoms with van der Waals surface area (Å²) in [5.74, 6) is 2.01. The van der Waals surface area contributed by atoms with Crippen LogP contribution in [0.25, 0.3) is 0 Å². The molecular weight excluding hydrogens is 420 g/mol. The predicted octanol–water partition coefficient (Wildman–Crippen LogP) is 2.70. The Morgan fingerprint density at radius 2 is 1.76 bits per heavy atom. The maximum absolute atomic E-state index is 13.3. The normalized spacial score (nSPS) is 17.0. The Morgan fingerprint density at radius 1 is 1.03 bits per heavy atom. The second-order valence-electron chi connectivity index (χ2n) is 9.73. The van der Waals surface area contributed by atoms with Crippen LogP contribution in [0.3, 0.4) is 0 Å². The Balaban J connectivity index is 1.57. The Hall–Kier alpha value is -2.91. The van der Waals surface area contributed by atoms with E-state index in [0.29, 0.717) is 40.8 Å². The van der Waals surface area contributed by atoms with Crippen molar-refractivity contribution >= 4 is 29.2 Å². The van der Waals surface area contributed by atoms with E-state index in [2.05, 4.69) is 25.8 Å². The Morgan fingerprint density at radius 3 is 2.42 bits per heavy atom. The van der Waals surface area contributed by atoms with Gasteiger partial charge in [-0.1, -0.05) is 6.07 Å². The average Bonchev–Trinajstić information content (AvgIpc) is 3.57. The second-order valence-corrected chi connectivity index (χ2v) is 9.73. The molecule has 1 saturated heterocycles. The number of carbonyl (C=O) groups is 1. The van der Waals surface area contributed by atoms with Gasteiger partial charge in [0.25, 0.3) is 5.91 Å². The topological polar surface area (TPSA) is 123 Å². The predicted molar refractivity (Wildman–Crippen MR) is 130 cm³/mol. The van der Waals surface area contributed by atoms with Crippen molar-refractivity contribution in [2.45, 2.75) is 45.1 Å². The summed E-state index contributed by atoms with van der Waals surface area (Å²) in [6.07, 6.45) is 4.85. The van der Waals surface area contributed by atoms with Gasteiger partial charge in [-0.3, -0.25) is 4.79 Å². The van der Waals surface area contributed by atoms with Crippen LogP contribution in [0.15, 0.2) is 30.3 Å². The number of nitrogens with zero attached hydrogens (tertiary/aromatic N) is 3. The van der Waals surface area contributed by atoms with Gasteiger partial charge in [0.1, 0.15) is 23.3 Å². The van der Waals surface area contributed by atoms with Gasteiger partial charge in [-0.25, -0.2) is 9.97 Å². The summed E-state index contributed by atoms with van der Waals surface area (Å²) < 4.78 is 0. The van der Waals surface area contributed by atoms with Gasteiger partial charge < -0.3 is 31.1 Å². The first-order valence-electron chi connectivity index (χ1n) is 11.6. The van der Waals surface area contributed by atoms with E-state index in [1.54, 1.807) is 30.3 Å². The second kappa shape index (κ2) is 9.52. The number of carbonyl (C=O) groups excluding carboxylic acids is 1. The molecule has 0 radical (unpaired) electrons. The van der Waals surface area contributed by atoms with Gasteiger partial charge in [0.2, 0.25) is 0 Å². The molecule has 9 heteroatoms. The van der Waals surface area contributed by atoms with E-state index in [4.69, 9.17) is 10.1 Å². The highest BCUT2D eigenvalue weighted by Crippen LogP contribution is 2.54. The standard InChI is InChI=1S/C24H34N6O3/c1-23(2,16-32)29-20-7-6-17(21(27-20)30-13-10-24(8-9-24)11-14-30)22(33)28-19-5-3-4-18(26-19)25-12-15-31/h3-7,31-32H,8-16H2,1-2H3,(H,27,29)(H2,25,26,28,33). The quantitative estimate of drug-likeness (QED) is 0.392. The fourth-order valence-corrected chi connectivity index (χ4v) is 4.16. The number of rotatable bonds is 9. The molecule has 5 N–H and O–H groups in total. The summed E-state index contributed by atoms with van der Waals surface area (Å²) in [5.41, 5.74) is 0.476. The molecule has 2 aromatic rings. The van der Waals surface area contributed by atoms with Crippen molar-refractivity contribution in [3.05, 3.63) is 35.9 Å². The monoisotopic (exact) mass is 454 g/mol. The van der Waals surface area contributed by atoms with E-state index >= 15 is 0 Å². The van der Waals surface area contributed by atoms with Crippen LogP contribution < -0.4 is 20.9 Å². The largest absolute Gasteiger partial charge is 0.395 e. The summed E-state index contributed by atoms with van der Waals surface area (Å²) in [6.45, 7) is 5.89. The van der Waals surface area contributed by atoms with E-state index in [1.807, 2.05) is 13.8 Å². The molecule has 0 bridgehead atoms. The smallest absolute Gasteiger partial charge is 0.260 e. The van der Waals surface area contributed by atoms with Crippen molar-refractivity contribution < 1.29 is 15.0 Å². The summed E-state index contributed by atoms with van der Waals surface area (Å²) in [5, 5.41) is 27.8. The van der Waals surface area contributed by atoms with Crippen LogP contribution in [-0.2, 0) is 0 Å². The fraction of sp³-hybridized carbons (Fsp3) is 0.542. The Bertz CT molecular complexity index is 982. The van der Waals surface area contributed by atoms with E-state index in [0.717, 1.165) is 25.9 Å². The maximum atomic E-state index is 13.3. The van der Waals surface area contributed by atoms with Crippen molar-refractivity contribution in [1.29, 1.82) is 0 Å². The molecule has 1 spiro atoms. The minimum Gasteiger partial charge on any atom is -0.395 e. The summed E-state index contributed by atoms with van der Waals surface area (Å²) in [4.78, 5) is 24.6. The highest BCUT2D eigenvalue weighted by molar-refractivity contribution is 6.07. The first kappa shape index (κ1) is 23.3. The summed E-state index contributed by atoms with van der Waals surface area (Å²) >= 11 is 0. The third kappa shape index (κ3) is 5.72. The third-order valence-electron chi connectivity index (χ3n) is 6.47. The van der Waals surface area contributed by atoms with Gasteiger partial charge in [-0.2, -0.15) is 0 Å². The first-order chi connectivity index (χ1) is 15.8. The zero-order valence-corrected chi connectivity index (χ0v) is 19.4. The number of amides is 1. The third-order valence-corrected chi connectivity index (χ3v) is 6.47. The van der Waals surface area contributed by atoms with Crippen molar-refractivity contribution in [2.75, 3.05) is 53.7 Å². The number of hydrogen-bond donors (Lipinski definition) is 5. The highest BCUT2D eigenvalue weighted by atomic mass is 16.3. The lowest BCUT2D eigenvalue weighted by atomic mass is 9.93. The van der Waals surface area contributed by atoms with E-state index in [1.165, 1.54) is 12.8 Å². The fourth-order valence-electron chi connectivity index (χ4n) is 4.16. The Labute approximate surface area is 194 Å². The van der Waals surface area contributed by atoms with Crippen LogP contribution in [0.1, 0.15) is 49.9 Å². The SMILES string of the molecule is CC(C)(CO)Nc1ccc(C(=O)Nc2cccc(NCCO)n2)c(N2CCC3(CC2)CC3)n1. The number of anilines is 4. The van der Waals surface area contributed by atoms with Crippen LogP contribution in [0.4, 0.5) is 23.3 Å². The minimum atomic E-state index is -0.528. The molecule has 2 aromatic heterocycles. The molecule has 2 fully saturated rings. The van der Waals surface area contributed by atoms with Gasteiger partial charge in [0.05, 0.1) is 24.3 Å². The molecule has 33 heavy (non-hydrogen) atoms. The van der Waals surface area contributed by atoms with Crippen molar-refractivity contribution in [3.8, 4) is 0 Å². The number of aliphatic hydroxyl groups is 2. The number of hydrogen-bond acceptors (Lipinski definition) is 8. The molecule has 178 valence electrons. The minimum absolute atomic E-state index is 0.00210. The lowest BCUT2D eigenvalue weighted by Gasteiger charge is -2.34. The summed E-state index contributed by atoms with van der Waals surface area (Å²) in [7, 11) is 0. The molecule has 1 saturated carbocycles. The number of aliphatic hydroxyl groups excluding tert-OH is 2. The molecule has 1 aliphatic heterocycles. The van der Waals surface area contributed by atoms with E-state index in [9.17, 15) is 9.90 Å². The van der Waals surface area contributed by atoms with E-state index in [-0.39, 0.29) is 19.1 Å². The molecule has 4 rings (SSSR count). The maximum Gasteiger partial charge on any atom is 0.260 e. The Kier molecular flexibility index (Phi) is 6.71. The molecule has 1 amide bonds. The molecule has 1 aliphatic carbocycles. The molecule has 2 aliphatic rings. The van der Waals surface area contributed by atoms with Crippen molar-refractivity contribution in [3.63, 3.8) is 0 Å². The molecule has 9 nitrogen and oxygen atoms in total. The molecule has 3 heterocycles. The van der Waals surface area contributed by atoms with Crippen molar-refractivity contribution in [1.82, 2.24) is 9.97 Å². The van der Waals surface area contributed by atoms with Crippen LogP contribution in [0.2, 0.25) is 0 Å². The summed E-state index contributed by atoms with van der Waals surface area (Å²) in [6, 6.07) is 8.86. The van der Waals surface area contributed by atoms with Crippen LogP contribution in [0, 0.1) is 5.41 Å². The average molecular weight is 455 g/mol. The lowest BCUT2D eigenvalue weighted by molar-refractivity contribution is 0.102. The van der Waals surface area contributed by atoms with E-state index < -0.39 is 5.54 Å². The molecule has 0 unspecified atom stereocenters. The number of piperidine rings is 1. The number of nitrogens with one attached hydrogen (secondary N) is 3. The van der Waals surface area contributed by atoms with Crippen LogP contribution >= 0.6 is 0 Å². The highest BCUT2D eigenvalue weighted by Gasteiger charge is 2.45. The number of aromatic nitrogens is 2. The van der Waals surface area contributed by atoms with Gasteiger partial charge >= 0.3 is 0 Å². The van der Waals surface area contributed by atoms with Gasteiger partial charge in [0, 0.05) is 19.6 Å². The van der Waals surface area contributed by atoms with Crippen molar-refractivity contribution in [2.24, 2.45) is 5.41 Å². The first-order valence-corrected chi connectivity index (χ1v) is 11.6. The lowest BCUT2D eigenvalue weighted by Crippen LogP contribution is -2.38. The molecule has 0 atom stereocenters. The number of pyridine rings is 2. The zero-order valence-electron chi connectivity index (χ0n) is 19.4. The van der Waals surface area contributed by atoms with Crippen LogP contribution in [-0.4, -0.2) is 64.5 Å². The van der Waals surface area contributed by atoms with Gasteiger partial charge in [-0.15, -0.1) is 0 Å². The molecular formula is C24H34N6O3. The zero-order chi connectivity index (χ0) is 23.5. The van der Waals surface area contributed by atoms with Crippen LogP contribution in [0.5, 0.6) is 0 Å².